The highest BCUT2D eigenvalue weighted by atomic mass is 16.6. The van der Waals surface area contributed by atoms with Crippen LogP contribution in [0, 0.1) is 6.92 Å². The van der Waals surface area contributed by atoms with E-state index < -0.39 is 11.7 Å². The Morgan fingerprint density at radius 3 is 2.48 bits per heavy atom. The molecule has 0 spiro atoms. The van der Waals surface area contributed by atoms with Gasteiger partial charge in [0.2, 0.25) is 5.89 Å². The maximum Gasteiger partial charge on any atom is 0.419 e. The van der Waals surface area contributed by atoms with Crippen molar-refractivity contribution in [2.45, 2.75) is 52.4 Å². The highest BCUT2D eigenvalue weighted by molar-refractivity contribution is 5.95. The zero-order valence-electron chi connectivity index (χ0n) is 25.0. The molecule has 0 saturated carbocycles. The zero-order valence-corrected chi connectivity index (χ0v) is 25.0. The van der Waals surface area contributed by atoms with Gasteiger partial charge in [-0.15, -0.1) is 0 Å². The number of benzene rings is 2. The lowest BCUT2D eigenvalue weighted by molar-refractivity contribution is 0.0542. The summed E-state index contributed by atoms with van der Waals surface area (Å²) >= 11 is 0. The number of piperazine rings is 1. The number of hydrogen-bond acceptors (Lipinski definition) is 9. The molecule has 222 valence electrons. The van der Waals surface area contributed by atoms with Gasteiger partial charge in [0.05, 0.1) is 38.0 Å². The van der Waals surface area contributed by atoms with E-state index >= 15 is 0 Å². The number of aromatic nitrogens is 2. The maximum absolute atomic E-state index is 13.1. The van der Waals surface area contributed by atoms with Crippen molar-refractivity contribution in [3.8, 4) is 5.75 Å². The topological polar surface area (TPSA) is 99.3 Å². The number of carbonyl (C=O) groups excluding carboxylic acids is 2. The zero-order chi connectivity index (χ0) is 30.0. The first kappa shape index (κ1) is 29.3. The van der Waals surface area contributed by atoms with Crippen LogP contribution in [0.15, 0.2) is 59.5 Å². The summed E-state index contributed by atoms with van der Waals surface area (Å²) in [6.45, 7) is 11.1. The molecule has 0 unspecified atom stereocenters. The van der Waals surface area contributed by atoms with Gasteiger partial charge < -0.3 is 18.6 Å². The van der Waals surface area contributed by atoms with E-state index in [0.29, 0.717) is 24.5 Å². The molecule has 1 aliphatic heterocycles. The number of fused-ring (bicyclic) bond motifs is 1. The number of methoxy groups -OCH3 is 2. The van der Waals surface area contributed by atoms with E-state index in [4.69, 9.17) is 18.6 Å². The van der Waals surface area contributed by atoms with Gasteiger partial charge in [-0.3, -0.25) is 14.4 Å². The fourth-order valence-electron chi connectivity index (χ4n) is 5.58. The number of hydrogen-bond donors (Lipinski definition) is 0. The summed E-state index contributed by atoms with van der Waals surface area (Å²) in [5.74, 6) is 1.08. The predicted octanol–water partition coefficient (Wildman–Crippen LogP) is 5.58. The van der Waals surface area contributed by atoms with Crippen LogP contribution in [0.2, 0.25) is 0 Å². The van der Waals surface area contributed by atoms with Crippen molar-refractivity contribution in [1.29, 1.82) is 0 Å². The number of rotatable bonds is 7. The Labute approximate surface area is 245 Å². The van der Waals surface area contributed by atoms with Crippen LogP contribution in [0.25, 0.3) is 10.9 Å². The summed E-state index contributed by atoms with van der Waals surface area (Å²) in [5, 5.41) is 0.944. The third-order valence-corrected chi connectivity index (χ3v) is 7.54. The van der Waals surface area contributed by atoms with Crippen LogP contribution in [0.5, 0.6) is 5.75 Å². The van der Waals surface area contributed by atoms with Crippen molar-refractivity contribution < 1.29 is 28.2 Å². The second kappa shape index (κ2) is 12.0. The standard InChI is InChI=1S/C32H38N4O6/c1-21-17-27(39-5)25(24-11-13-36(29(21)24)31(38)42-32(2,3)4)18-35-15-14-34(20-28-33-12-16-41-28)19-26(35)22-7-9-23(10-8-22)30(37)40-6/h7-13,16-17,26H,14-15,18-20H2,1-6H3/t26-/m1/s1. The smallest absolute Gasteiger partial charge is 0.419 e. The molecule has 5 rings (SSSR count). The molecule has 2 aromatic heterocycles. The minimum Gasteiger partial charge on any atom is -0.496 e. The maximum atomic E-state index is 13.1. The minimum atomic E-state index is -0.613. The van der Waals surface area contributed by atoms with Crippen LogP contribution < -0.4 is 4.74 Å². The van der Waals surface area contributed by atoms with Crippen molar-refractivity contribution in [3.05, 3.63) is 83.2 Å². The molecule has 0 aliphatic carbocycles. The second-order valence-electron chi connectivity index (χ2n) is 11.6. The Kier molecular flexibility index (Phi) is 8.38. The third kappa shape index (κ3) is 6.19. The van der Waals surface area contributed by atoms with Crippen LogP contribution in [-0.4, -0.2) is 70.9 Å². The molecule has 3 heterocycles. The molecule has 1 aliphatic rings. The van der Waals surface area contributed by atoms with E-state index in [1.54, 1.807) is 42.5 Å². The number of ether oxygens (including phenoxy) is 3. The van der Waals surface area contributed by atoms with Crippen LogP contribution in [0.4, 0.5) is 4.79 Å². The van der Waals surface area contributed by atoms with Crippen molar-refractivity contribution in [3.63, 3.8) is 0 Å². The Hall–Kier alpha value is -4.15. The first-order valence-electron chi connectivity index (χ1n) is 14.0. The lowest BCUT2D eigenvalue weighted by Crippen LogP contribution is -2.47. The summed E-state index contributed by atoms with van der Waals surface area (Å²) < 4.78 is 23.6. The second-order valence-corrected chi connectivity index (χ2v) is 11.6. The lowest BCUT2D eigenvalue weighted by atomic mass is 9.98. The number of esters is 1. The molecule has 10 heteroatoms. The van der Waals surface area contributed by atoms with Gasteiger partial charge in [-0.1, -0.05) is 12.1 Å². The summed E-state index contributed by atoms with van der Waals surface area (Å²) in [6, 6.07) is 11.5. The summed E-state index contributed by atoms with van der Waals surface area (Å²) in [4.78, 5) is 34.2. The van der Waals surface area contributed by atoms with Gasteiger partial charge in [-0.2, -0.15) is 0 Å². The Balaban J connectivity index is 1.50. The summed E-state index contributed by atoms with van der Waals surface area (Å²) in [6.07, 6.45) is 4.60. The molecule has 4 aromatic rings. The minimum absolute atomic E-state index is 0.00871. The van der Waals surface area contributed by atoms with Gasteiger partial charge in [0.25, 0.3) is 0 Å². The van der Waals surface area contributed by atoms with Crippen LogP contribution in [-0.2, 0) is 22.6 Å². The van der Waals surface area contributed by atoms with E-state index in [-0.39, 0.29) is 12.0 Å². The molecule has 1 atom stereocenters. The quantitative estimate of drug-likeness (QED) is 0.262. The number of carbonyl (C=O) groups is 2. The third-order valence-electron chi connectivity index (χ3n) is 7.54. The predicted molar refractivity (Wildman–Crippen MR) is 158 cm³/mol. The van der Waals surface area contributed by atoms with Gasteiger partial charge in [0.15, 0.2) is 0 Å². The molecule has 0 amide bonds. The highest BCUT2D eigenvalue weighted by Gasteiger charge is 2.31. The monoisotopic (exact) mass is 574 g/mol. The molecule has 0 N–H and O–H groups in total. The summed E-state index contributed by atoms with van der Waals surface area (Å²) in [7, 11) is 3.05. The molecule has 42 heavy (non-hydrogen) atoms. The lowest BCUT2D eigenvalue weighted by Gasteiger charge is -2.41. The first-order valence-corrected chi connectivity index (χ1v) is 14.0. The number of aryl methyl sites for hydroxylation is 1. The molecule has 0 bridgehead atoms. The van der Waals surface area contributed by atoms with Crippen molar-refractivity contribution in [2.75, 3.05) is 33.9 Å². The Morgan fingerprint density at radius 1 is 1.07 bits per heavy atom. The molecular formula is C32H38N4O6. The average Bonchev–Trinajstić information content (AvgIpc) is 3.64. The number of nitrogens with zero attached hydrogens (tertiary/aromatic N) is 4. The van der Waals surface area contributed by atoms with Gasteiger partial charge in [-0.05, 0) is 63.1 Å². The van der Waals surface area contributed by atoms with Crippen LogP contribution in [0.1, 0.15) is 59.8 Å². The fourth-order valence-corrected chi connectivity index (χ4v) is 5.58. The molecule has 1 fully saturated rings. The van der Waals surface area contributed by atoms with E-state index in [2.05, 4.69) is 14.8 Å². The van der Waals surface area contributed by atoms with E-state index in [9.17, 15) is 9.59 Å². The highest BCUT2D eigenvalue weighted by Crippen LogP contribution is 2.36. The SMILES string of the molecule is COC(=O)c1ccc([C@H]2CN(Cc3ncco3)CCN2Cc2c(OC)cc(C)c3c2ccn3C(=O)OC(C)(C)C)cc1. The van der Waals surface area contributed by atoms with Gasteiger partial charge in [0, 0.05) is 49.4 Å². The molecule has 1 saturated heterocycles. The van der Waals surface area contributed by atoms with Gasteiger partial charge >= 0.3 is 12.1 Å². The average molecular weight is 575 g/mol. The Morgan fingerprint density at radius 2 is 1.83 bits per heavy atom. The Bertz CT molecular complexity index is 1550. The summed E-state index contributed by atoms with van der Waals surface area (Å²) in [5.41, 5.74) is 3.70. The van der Waals surface area contributed by atoms with E-state index in [1.807, 2.05) is 52.0 Å². The van der Waals surface area contributed by atoms with Crippen molar-refractivity contribution in [1.82, 2.24) is 19.4 Å². The van der Waals surface area contributed by atoms with Crippen LogP contribution >= 0.6 is 0 Å². The molecule has 0 radical (unpaired) electrons. The molecule has 10 nitrogen and oxygen atoms in total. The largest absolute Gasteiger partial charge is 0.496 e. The van der Waals surface area contributed by atoms with E-state index in [1.165, 1.54) is 7.11 Å². The van der Waals surface area contributed by atoms with Crippen molar-refractivity contribution in [2.24, 2.45) is 0 Å². The van der Waals surface area contributed by atoms with Gasteiger partial charge in [0.1, 0.15) is 17.6 Å². The number of oxazole rings is 1. The molecule has 2 aromatic carbocycles. The van der Waals surface area contributed by atoms with Gasteiger partial charge in [-0.25, -0.2) is 14.6 Å². The van der Waals surface area contributed by atoms with Crippen molar-refractivity contribution >= 4 is 23.0 Å². The normalized spacial score (nSPS) is 16.5. The van der Waals surface area contributed by atoms with Crippen LogP contribution in [0.3, 0.4) is 0 Å². The van der Waals surface area contributed by atoms with E-state index in [0.717, 1.165) is 53.0 Å². The first-order chi connectivity index (χ1) is 20.1. The molecular weight excluding hydrogens is 536 g/mol. The fraction of sp³-hybridized carbons (Fsp3) is 0.406.